The maximum atomic E-state index is 11.9. The Hall–Kier alpha value is -2.87. The number of hydrogen-bond acceptors (Lipinski definition) is 7. The number of anilines is 1. The van der Waals surface area contributed by atoms with E-state index < -0.39 is 0 Å². The van der Waals surface area contributed by atoms with E-state index in [-0.39, 0.29) is 18.5 Å². The maximum absolute atomic E-state index is 11.9. The van der Waals surface area contributed by atoms with Gasteiger partial charge in [0.1, 0.15) is 11.5 Å². The van der Waals surface area contributed by atoms with Crippen molar-refractivity contribution in [3.63, 3.8) is 0 Å². The number of carbonyl (C=O) groups excluding carboxylic acids is 1. The molecule has 0 unspecified atom stereocenters. The van der Waals surface area contributed by atoms with Gasteiger partial charge in [0, 0.05) is 10.9 Å². The van der Waals surface area contributed by atoms with Crippen LogP contribution in [0.1, 0.15) is 6.92 Å². The van der Waals surface area contributed by atoms with Crippen molar-refractivity contribution in [1.29, 1.82) is 0 Å². The highest BCUT2D eigenvalue weighted by atomic mass is 32.1. The molecule has 2 aromatic heterocycles. The van der Waals surface area contributed by atoms with E-state index in [1.165, 1.54) is 11.3 Å². The summed E-state index contributed by atoms with van der Waals surface area (Å²) >= 11 is 1.52. The smallest absolute Gasteiger partial charge is 0.322 e. The molecule has 7 nitrogen and oxygen atoms in total. The van der Waals surface area contributed by atoms with Gasteiger partial charge in [-0.2, -0.15) is 11.3 Å². The van der Waals surface area contributed by atoms with Gasteiger partial charge in [-0.15, -0.1) is 5.10 Å². The molecule has 1 N–H and O–H groups in total. The molecule has 0 saturated carbocycles. The monoisotopic (exact) mass is 345 g/mol. The largest absolute Gasteiger partial charge is 0.494 e. The van der Waals surface area contributed by atoms with Crippen LogP contribution < -0.4 is 14.8 Å². The molecule has 1 amide bonds. The number of nitrogens with zero attached hydrogens (tertiary/aromatic N) is 2. The van der Waals surface area contributed by atoms with Crippen molar-refractivity contribution in [3.05, 3.63) is 41.1 Å². The lowest BCUT2D eigenvalue weighted by Crippen LogP contribution is -2.20. The molecule has 0 bridgehead atoms. The number of ether oxygens (including phenoxy) is 2. The number of hydrogen-bond donors (Lipinski definition) is 1. The number of thiophene rings is 1. The molecule has 8 heteroatoms. The Kier molecular flexibility index (Phi) is 5.07. The van der Waals surface area contributed by atoms with Gasteiger partial charge < -0.3 is 13.9 Å². The van der Waals surface area contributed by atoms with Crippen LogP contribution in [0.15, 0.2) is 45.5 Å². The average molecular weight is 345 g/mol. The first kappa shape index (κ1) is 16.0. The molecular formula is C16H15N3O4S. The number of carbonyl (C=O) groups is 1. The van der Waals surface area contributed by atoms with Crippen molar-refractivity contribution < 1.29 is 18.7 Å². The molecule has 2 heterocycles. The van der Waals surface area contributed by atoms with Crippen LogP contribution in [-0.2, 0) is 4.79 Å². The predicted molar refractivity (Wildman–Crippen MR) is 89.3 cm³/mol. The van der Waals surface area contributed by atoms with Crippen molar-refractivity contribution in [3.8, 4) is 23.0 Å². The summed E-state index contributed by atoms with van der Waals surface area (Å²) in [6.45, 7) is 2.35. The van der Waals surface area contributed by atoms with Crippen molar-refractivity contribution in [2.45, 2.75) is 6.92 Å². The third-order valence-electron chi connectivity index (χ3n) is 2.94. The van der Waals surface area contributed by atoms with Crippen LogP contribution in [0.4, 0.5) is 6.01 Å². The van der Waals surface area contributed by atoms with Crippen molar-refractivity contribution in [1.82, 2.24) is 10.2 Å². The topological polar surface area (TPSA) is 86.5 Å². The Morgan fingerprint density at radius 1 is 1.17 bits per heavy atom. The maximum Gasteiger partial charge on any atom is 0.322 e. The fourth-order valence-corrected chi connectivity index (χ4v) is 2.51. The number of nitrogens with one attached hydrogen (secondary N) is 1. The Labute approximate surface area is 142 Å². The van der Waals surface area contributed by atoms with Gasteiger partial charge in [0.25, 0.3) is 11.8 Å². The Morgan fingerprint density at radius 2 is 1.92 bits per heavy atom. The second-order valence-corrected chi connectivity index (χ2v) is 5.45. The van der Waals surface area contributed by atoms with Gasteiger partial charge in [0.15, 0.2) is 6.61 Å². The van der Waals surface area contributed by atoms with Gasteiger partial charge >= 0.3 is 6.01 Å². The number of benzene rings is 1. The van der Waals surface area contributed by atoms with Crippen LogP contribution in [-0.4, -0.2) is 29.3 Å². The van der Waals surface area contributed by atoms with E-state index in [2.05, 4.69) is 15.5 Å². The quantitative estimate of drug-likeness (QED) is 0.707. The van der Waals surface area contributed by atoms with Crippen LogP contribution in [0.25, 0.3) is 11.5 Å². The lowest BCUT2D eigenvalue weighted by molar-refractivity contribution is -0.118. The summed E-state index contributed by atoms with van der Waals surface area (Å²) < 4.78 is 16.1. The average Bonchev–Trinajstić information content (AvgIpc) is 3.26. The van der Waals surface area contributed by atoms with E-state index in [1.807, 2.05) is 23.8 Å². The number of aromatic nitrogens is 2. The van der Waals surface area contributed by atoms with E-state index in [4.69, 9.17) is 13.9 Å². The fourth-order valence-electron chi connectivity index (χ4n) is 1.88. The Morgan fingerprint density at radius 3 is 2.58 bits per heavy atom. The molecule has 0 radical (unpaired) electrons. The number of amides is 1. The molecule has 0 aliphatic heterocycles. The normalized spacial score (nSPS) is 10.4. The SMILES string of the molecule is CCOc1ccc(OCC(=O)Nc2nnc(-c3ccsc3)o2)cc1. The van der Waals surface area contributed by atoms with Crippen LogP contribution in [0.5, 0.6) is 11.5 Å². The molecule has 0 aliphatic carbocycles. The summed E-state index contributed by atoms with van der Waals surface area (Å²) in [6, 6.07) is 8.93. The molecule has 0 saturated heterocycles. The van der Waals surface area contributed by atoms with Gasteiger partial charge in [0.05, 0.1) is 6.61 Å². The first-order valence-electron chi connectivity index (χ1n) is 7.26. The highest BCUT2D eigenvalue weighted by molar-refractivity contribution is 7.08. The first-order valence-corrected chi connectivity index (χ1v) is 8.20. The predicted octanol–water partition coefficient (Wildman–Crippen LogP) is 3.21. The Balaban J connectivity index is 1.50. The molecule has 1 aromatic carbocycles. The molecule has 0 atom stereocenters. The molecule has 24 heavy (non-hydrogen) atoms. The third-order valence-corrected chi connectivity index (χ3v) is 3.63. The molecule has 0 aliphatic rings. The first-order chi connectivity index (χ1) is 11.7. The van der Waals surface area contributed by atoms with Crippen LogP contribution >= 0.6 is 11.3 Å². The summed E-state index contributed by atoms with van der Waals surface area (Å²) in [5.74, 6) is 1.29. The van der Waals surface area contributed by atoms with Gasteiger partial charge in [0.2, 0.25) is 0 Å². The second-order valence-electron chi connectivity index (χ2n) is 4.67. The van der Waals surface area contributed by atoms with Crippen LogP contribution in [0, 0.1) is 0 Å². The van der Waals surface area contributed by atoms with Crippen LogP contribution in [0.3, 0.4) is 0 Å². The summed E-state index contributed by atoms with van der Waals surface area (Å²) in [7, 11) is 0. The summed E-state index contributed by atoms with van der Waals surface area (Å²) in [5.41, 5.74) is 0.818. The standard InChI is InChI=1S/C16H15N3O4S/c1-2-21-12-3-5-13(6-4-12)22-9-14(20)17-16-19-18-15(23-16)11-7-8-24-10-11/h3-8,10H,2,9H2,1H3,(H,17,19,20). The van der Waals surface area contributed by atoms with E-state index in [1.54, 1.807) is 24.3 Å². The molecule has 0 spiro atoms. The van der Waals surface area contributed by atoms with Crippen molar-refractivity contribution >= 4 is 23.3 Å². The van der Waals surface area contributed by atoms with Gasteiger partial charge in [-0.05, 0) is 42.6 Å². The van der Waals surface area contributed by atoms with Crippen LogP contribution in [0.2, 0.25) is 0 Å². The summed E-state index contributed by atoms with van der Waals surface area (Å²) in [6.07, 6.45) is 0. The van der Waals surface area contributed by atoms with E-state index in [0.717, 1.165) is 11.3 Å². The Bertz CT molecular complexity index is 784. The molecule has 124 valence electrons. The zero-order valence-electron chi connectivity index (χ0n) is 12.9. The molecular weight excluding hydrogens is 330 g/mol. The fraction of sp³-hybridized carbons (Fsp3) is 0.188. The van der Waals surface area contributed by atoms with Crippen molar-refractivity contribution in [2.24, 2.45) is 0 Å². The van der Waals surface area contributed by atoms with E-state index in [9.17, 15) is 4.79 Å². The third kappa shape index (κ3) is 4.11. The van der Waals surface area contributed by atoms with Gasteiger partial charge in [-0.1, -0.05) is 5.10 Å². The minimum absolute atomic E-state index is 0.0384. The molecule has 3 rings (SSSR count). The zero-order chi connectivity index (χ0) is 16.8. The molecule has 0 fully saturated rings. The highest BCUT2D eigenvalue weighted by Crippen LogP contribution is 2.22. The minimum Gasteiger partial charge on any atom is -0.494 e. The summed E-state index contributed by atoms with van der Waals surface area (Å²) in [5, 5.41) is 13.9. The lowest BCUT2D eigenvalue weighted by Gasteiger charge is -2.07. The summed E-state index contributed by atoms with van der Waals surface area (Å²) in [4.78, 5) is 11.9. The lowest BCUT2D eigenvalue weighted by atomic mass is 10.3. The van der Waals surface area contributed by atoms with Gasteiger partial charge in [-0.25, -0.2) is 0 Å². The second kappa shape index (κ2) is 7.60. The molecule has 3 aromatic rings. The van der Waals surface area contributed by atoms with E-state index >= 15 is 0 Å². The minimum atomic E-state index is -0.385. The highest BCUT2D eigenvalue weighted by Gasteiger charge is 2.12. The van der Waals surface area contributed by atoms with Gasteiger partial charge in [-0.3, -0.25) is 10.1 Å². The zero-order valence-corrected chi connectivity index (χ0v) is 13.7. The number of rotatable bonds is 7. The van der Waals surface area contributed by atoms with E-state index in [0.29, 0.717) is 18.2 Å². The van der Waals surface area contributed by atoms with Crippen molar-refractivity contribution in [2.75, 3.05) is 18.5 Å².